The summed E-state index contributed by atoms with van der Waals surface area (Å²) in [5.41, 5.74) is 0.0455. The van der Waals surface area contributed by atoms with Gasteiger partial charge in [-0.05, 0) is 25.3 Å². The van der Waals surface area contributed by atoms with Gasteiger partial charge in [0.15, 0.2) is 0 Å². The van der Waals surface area contributed by atoms with E-state index in [1.807, 2.05) is 0 Å². The summed E-state index contributed by atoms with van der Waals surface area (Å²) in [6.07, 6.45) is 4.65. The van der Waals surface area contributed by atoms with Crippen LogP contribution in [0.2, 0.25) is 0 Å². The second kappa shape index (κ2) is 6.36. The summed E-state index contributed by atoms with van der Waals surface area (Å²) in [6, 6.07) is 3.87. The Morgan fingerprint density at radius 2 is 2.19 bits per heavy atom. The van der Waals surface area contributed by atoms with Crippen molar-refractivity contribution in [3.8, 4) is 0 Å². The molecule has 1 aromatic rings. The smallest absolute Gasteiger partial charge is 0.311 e. The first-order chi connectivity index (χ1) is 10.2. The Balaban J connectivity index is 1.57. The average Bonchev–Trinajstić information content (AvgIpc) is 3.03. The van der Waals surface area contributed by atoms with Crippen molar-refractivity contribution in [3.63, 3.8) is 0 Å². The van der Waals surface area contributed by atoms with Crippen LogP contribution in [0.15, 0.2) is 18.3 Å². The first-order valence-corrected chi connectivity index (χ1v) is 7.42. The molecule has 0 spiro atoms. The van der Waals surface area contributed by atoms with Gasteiger partial charge >= 0.3 is 5.69 Å². The Labute approximate surface area is 123 Å². The number of piperidine rings is 1. The first-order valence-electron chi connectivity index (χ1n) is 7.42. The second-order valence-corrected chi connectivity index (χ2v) is 5.60. The van der Waals surface area contributed by atoms with Crippen LogP contribution < -0.4 is 5.32 Å². The van der Waals surface area contributed by atoms with Crippen molar-refractivity contribution < 1.29 is 9.66 Å². The molecule has 1 N–H and O–H groups in total. The number of nitrogens with zero attached hydrogens (tertiary/aromatic N) is 3. The zero-order chi connectivity index (χ0) is 14.7. The van der Waals surface area contributed by atoms with Crippen LogP contribution in [0.25, 0.3) is 0 Å². The molecular formula is C14H20N4O3. The fourth-order valence-electron chi connectivity index (χ4n) is 3.07. The van der Waals surface area contributed by atoms with E-state index in [1.165, 1.54) is 6.07 Å². The monoisotopic (exact) mass is 292 g/mol. The highest BCUT2D eigenvalue weighted by molar-refractivity contribution is 5.55. The van der Waals surface area contributed by atoms with E-state index in [-0.39, 0.29) is 16.7 Å². The molecule has 2 aliphatic rings. The van der Waals surface area contributed by atoms with Crippen molar-refractivity contribution in [3.05, 3.63) is 28.4 Å². The highest BCUT2D eigenvalue weighted by Gasteiger charge is 2.28. The van der Waals surface area contributed by atoms with Gasteiger partial charge < -0.3 is 10.1 Å². The third-order valence-electron chi connectivity index (χ3n) is 4.28. The summed E-state index contributed by atoms with van der Waals surface area (Å²) in [5.74, 6) is 0.380. The van der Waals surface area contributed by atoms with E-state index in [4.69, 9.17) is 4.74 Å². The third kappa shape index (κ3) is 3.30. The molecule has 2 fully saturated rings. The minimum atomic E-state index is -0.389. The highest BCUT2D eigenvalue weighted by Crippen LogP contribution is 2.25. The van der Waals surface area contributed by atoms with Crippen LogP contribution >= 0.6 is 0 Å². The summed E-state index contributed by atoms with van der Waals surface area (Å²) in [5, 5.41) is 14.2. The lowest BCUT2D eigenvalue weighted by Gasteiger charge is -2.35. The predicted octanol–water partition coefficient (Wildman–Crippen LogP) is 1.66. The number of anilines is 1. The molecule has 7 heteroatoms. The Morgan fingerprint density at radius 3 is 2.86 bits per heavy atom. The van der Waals surface area contributed by atoms with Gasteiger partial charge in [0.05, 0.1) is 11.5 Å². The molecule has 2 saturated heterocycles. The Morgan fingerprint density at radius 1 is 1.38 bits per heavy atom. The van der Waals surface area contributed by atoms with Gasteiger partial charge in [-0.3, -0.25) is 15.0 Å². The van der Waals surface area contributed by atoms with Crippen molar-refractivity contribution in [2.75, 3.05) is 31.6 Å². The van der Waals surface area contributed by atoms with Crippen LogP contribution in [0.1, 0.15) is 19.3 Å². The van der Waals surface area contributed by atoms with Crippen LogP contribution in [0, 0.1) is 10.1 Å². The number of hydrogen-bond acceptors (Lipinski definition) is 6. The van der Waals surface area contributed by atoms with Gasteiger partial charge in [0.2, 0.25) is 5.82 Å². The normalized spacial score (nSPS) is 24.1. The Bertz CT molecular complexity index is 497. The summed E-state index contributed by atoms with van der Waals surface area (Å²) in [4.78, 5) is 17.2. The van der Waals surface area contributed by atoms with E-state index >= 15 is 0 Å². The maximum atomic E-state index is 11.0. The van der Waals surface area contributed by atoms with Gasteiger partial charge in [-0.1, -0.05) is 0 Å². The number of nitrogens with one attached hydrogen (secondary N) is 1. The molecule has 114 valence electrons. The summed E-state index contributed by atoms with van der Waals surface area (Å²) >= 11 is 0. The van der Waals surface area contributed by atoms with Gasteiger partial charge in [-0.15, -0.1) is 0 Å². The fourth-order valence-corrected chi connectivity index (χ4v) is 3.07. The largest absolute Gasteiger partial charge is 0.380 e. The number of ether oxygens (including phenoxy) is 1. The Kier molecular flexibility index (Phi) is 4.31. The van der Waals surface area contributed by atoms with E-state index in [9.17, 15) is 10.1 Å². The molecule has 21 heavy (non-hydrogen) atoms. The fraction of sp³-hybridized carbons (Fsp3) is 0.643. The van der Waals surface area contributed by atoms with Gasteiger partial charge in [0.1, 0.15) is 0 Å². The van der Waals surface area contributed by atoms with Crippen molar-refractivity contribution in [1.82, 2.24) is 9.88 Å². The number of pyridine rings is 1. The highest BCUT2D eigenvalue weighted by atomic mass is 16.6. The number of nitro groups is 1. The van der Waals surface area contributed by atoms with E-state index in [1.54, 1.807) is 12.3 Å². The average molecular weight is 292 g/mol. The molecule has 0 radical (unpaired) electrons. The molecule has 1 unspecified atom stereocenters. The van der Waals surface area contributed by atoms with Gasteiger partial charge in [-0.2, -0.15) is 0 Å². The zero-order valence-electron chi connectivity index (χ0n) is 11.9. The number of aromatic nitrogens is 1. The molecule has 7 nitrogen and oxygen atoms in total. The Hall–Kier alpha value is -1.73. The molecule has 0 amide bonds. The number of rotatable bonds is 4. The lowest BCUT2D eigenvalue weighted by atomic mass is 10.0. The van der Waals surface area contributed by atoms with Gasteiger partial charge in [-0.25, -0.2) is 4.98 Å². The van der Waals surface area contributed by atoms with E-state index in [0.29, 0.717) is 11.9 Å². The number of hydrogen-bond donors (Lipinski definition) is 1. The lowest BCUT2D eigenvalue weighted by molar-refractivity contribution is -0.384. The SMILES string of the molecule is O=[N+]([O-])c1cccnc1NC1CCN(C2CCOC2)CC1. The molecular weight excluding hydrogens is 272 g/mol. The molecule has 0 aliphatic carbocycles. The van der Waals surface area contributed by atoms with E-state index in [0.717, 1.165) is 45.6 Å². The zero-order valence-corrected chi connectivity index (χ0v) is 11.9. The lowest BCUT2D eigenvalue weighted by Crippen LogP contribution is -2.45. The second-order valence-electron chi connectivity index (χ2n) is 5.60. The predicted molar refractivity (Wildman–Crippen MR) is 78.3 cm³/mol. The van der Waals surface area contributed by atoms with Crippen molar-refractivity contribution in [2.24, 2.45) is 0 Å². The van der Waals surface area contributed by atoms with Crippen LogP contribution in [-0.2, 0) is 4.74 Å². The molecule has 0 saturated carbocycles. The van der Waals surface area contributed by atoms with Crippen LogP contribution in [0.3, 0.4) is 0 Å². The van der Waals surface area contributed by atoms with E-state index in [2.05, 4.69) is 15.2 Å². The van der Waals surface area contributed by atoms with Gasteiger partial charge in [0.25, 0.3) is 0 Å². The molecule has 3 heterocycles. The van der Waals surface area contributed by atoms with Crippen LogP contribution in [0.5, 0.6) is 0 Å². The first kappa shape index (κ1) is 14.2. The summed E-state index contributed by atoms with van der Waals surface area (Å²) in [6.45, 7) is 3.71. The third-order valence-corrected chi connectivity index (χ3v) is 4.28. The van der Waals surface area contributed by atoms with Crippen molar-refractivity contribution in [2.45, 2.75) is 31.3 Å². The maximum Gasteiger partial charge on any atom is 0.311 e. The summed E-state index contributed by atoms with van der Waals surface area (Å²) < 4.78 is 5.43. The molecule has 1 atom stereocenters. The molecule has 0 bridgehead atoms. The van der Waals surface area contributed by atoms with Crippen LogP contribution in [0.4, 0.5) is 11.5 Å². The molecule has 3 rings (SSSR count). The summed E-state index contributed by atoms with van der Waals surface area (Å²) in [7, 11) is 0. The molecule has 1 aromatic heterocycles. The van der Waals surface area contributed by atoms with Crippen molar-refractivity contribution in [1.29, 1.82) is 0 Å². The maximum absolute atomic E-state index is 11.0. The van der Waals surface area contributed by atoms with Crippen molar-refractivity contribution >= 4 is 11.5 Å². The van der Waals surface area contributed by atoms with E-state index < -0.39 is 0 Å². The quantitative estimate of drug-likeness (QED) is 0.671. The topological polar surface area (TPSA) is 80.5 Å². The molecule has 2 aliphatic heterocycles. The van der Waals surface area contributed by atoms with Crippen LogP contribution in [-0.4, -0.2) is 53.2 Å². The van der Waals surface area contributed by atoms with Gasteiger partial charge in [0, 0.05) is 44.0 Å². The molecule has 0 aromatic carbocycles. The number of likely N-dealkylation sites (tertiary alicyclic amines) is 1. The standard InChI is InChI=1S/C14H20N4O3/c19-18(20)13-2-1-6-15-14(13)16-11-3-7-17(8-4-11)12-5-9-21-10-12/h1-2,6,11-12H,3-5,7-10H2,(H,15,16). The minimum absolute atomic E-state index is 0.0455. The minimum Gasteiger partial charge on any atom is -0.380 e.